The fourth-order valence-electron chi connectivity index (χ4n) is 6.52. The first kappa shape index (κ1) is 19.4. The molecule has 2 saturated carbocycles. The van der Waals surface area contributed by atoms with Gasteiger partial charge >= 0.3 is 0 Å². The van der Waals surface area contributed by atoms with E-state index < -0.39 is 0 Å². The second kappa shape index (κ2) is 7.70. The minimum atomic E-state index is -0.0778. The third-order valence-corrected chi connectivity index (χ3v) is 7.84. The van der Waals surface area contributed by atoms with Crippen molar-refractivity contribution in [2.24, 2.45) is 17.8 Å². The highest BCUT2D eigenvalue weighted by Crippen LogP contribution is 2.63. The number of nitrogens with one attached hydrogen (secondary N) is 2. The van der Waals surface area contributed by atoms with Gasteiger partial charge in [0.25, 0.3) is 5.91 Å². The molecule has 2 fully saturated rings. The van der Waals surface area contributed by atoms with Crippen molar-refractivity contribution in [3.05, 3.63) is 89.5 Å². The van der Waals surface area contributed by atoms with Crippen LogP contribution in [0.1, 0.15) is 52.7 Å². The van der Waals surface area contributed by atoms with E-state index >= 15 is 0 Å². The number of fused-ring (bicyclic) bond motifs is 7. The maximum atomic E-state index is 13.1. The van der Waals surface area contributed by atoms with Crippen molar-refractivity contribution in [3.8, 4) is 5.75 Å². The van der Waals surface area contributed by atoms with Crippen LogP contribution in [0.2, 0.25) is 0 Å². The second-order valence-electron chi connectivity index (χ2n) is 9.46. The Morgan fingerprint density at radius 3 is 2.66 bits per heavy atom. The summed E-state index contributed by atoms with van der Waals surface area (Å²) in [6.45, 7) is 0. The normalized spacial score (nSPS) is 27.2. The molecule has 2 N–H and O–H groups in total. The van der Waals surface area contributed by atoms with Gasteiger partial charge in [0.1, 0.15) is 5.75 Å². The minimum absolute atomic E-state index is 0.0778. The summed E-state index contributed by atoms with van der Waals surface area (Å²) in [5.41, 5.74) is 5.35. The maximum absolute atomic E-state index is 13.1. The van der Waals surface area contributed by atoms with E-state index in [0.717, 1.165) is 23.3 Å². The summed E-state index contributed by atoms with van der Waals surface area (Å²) in [4.78, 5) is 13.1. The van der Waals surface area contributed by atoms with Crippen LogP contribution in [-0.4, -0.2) is 13.0 Å². The fraction of sp³-hybridized carbons (Fsp3) is 0.321. The molecular formula is C28H28N2O2. The van der Waals surface area contributed by atoms with Crippen LogP contribution >= 0.6 is 0 Å². The van der Waals surface area contributed by atoms with Gasteiger partial charge in [0.2, 0.25) is 0 Å². The van der Waals surface area contributed by atoms with Crippen molar-refractivity contribution >= 4 is 17.3 Å². The summed E-state index contributed by atoms with van der Waals surface area (Å²) >= 11 is 0. The van der Waals surface area contributed by atoms with Gasteiger partial charge in [0, 0.05) is 23.0 Å². The Morgan fingerprint density at radius 1 is 0.969 bits per heavy atom. The number of benzene rings is 3. The first-order valence-electron chi connectivity index (χ1n) is 11.6. The van der Waals surface area contributed by atoms with Crippen molar-refractivity contribution in [1.82, 2.24) is 0 Å². The van der Waals surface area contributed by atoms with E-state index in [1.807, 2.05) is 30.3 Å². The summed E-state index contributed by atoms with van der Waals surface area (Å²) < 4.78 is 5.28. The highest BCUT2D eigenvalue weighted by molar-refractivity contribution is 6.04. The fourth-order valence-corrected chi connectivity index (χ4v) is 6.52. The molecule has 3 aromatic rings. The van der Waals surface area contributed by atoms with Crippen LogP contribution in [-0.2, 0) is 0 Å². The summed E-state index contributed by atoms with van der Waals surface area (Å²) in [6, 6.07) is 24.9. The smallest absolute Gasteiger partial charge is 0.255 e. The monoisotopic (exact) mass is 424 g/mol. The van der Waals surface area contributed by atoms with E-state index in [0.29, 0.717) is 23.4 Å². The quantitative estimate of drug-likeness (QED) is 0.521. The van der Waals surface area contributed by atoms with E-state index in [9.17, 15) is 4.79 Å². The molecule has 1 heterocycles. The summed E-state index contributed by atoms with van der Waals surface area (Å²) in [7, 11) is 1.63. The van der Waals surface area contributed by atoms with Gasteiger partial charge in [-0.25, -0.2) is 0 Å². The second-order valence-corrected chi connectivity index (χ2v) is 9.46. The molecule has 0 aromatic heterocycles. The molecule has 0 saturated heterocycles. The summed E-state index contributed by atoms with van der Waals surface area (Å²) in [6.07, 6.45) is 3.97. The van der Waals surface area contributed by atoms with E-state index in [4.69, 9.17) is 4.74 Å². The molecule has 5 atom stereocenters. The van der Waals surface area contributed by atoms with E-state index in [2.05, 4.69) is 53.1 Å². The van der Waals surface area contributed by atoms with Crippen LogP contribution in [0.25, 0.3) is 0 Å². The van der Waals surface area contributed by atoms with Gasteiger partial charge in [0.05, 0.1) is 13.2 Å². The highest BCUT2D eigenvalue weighted by Gasteiger charge is 2.53. The molecule has 6 rings (SSSR count). The molecule has 2 aliphatic carbocycles. The van der Waals surface area contributed by atoms with Crippen LogP contribution in [0.15, 0.2) is 72.8 Å². The third-order valence-electron chi connectivity index (χ3n) is 7.84. The molecule has 2 bridgehead atoms. The van der Waals surface area contributed by atoms with Gasteiger partial charge < -0.3 is 15.4 Å². The third kappa shape index (κ3) is 3.17. The molecule has 1 amide bonds. The van der Waals surface area contributed by atoms with E-state index in [1.165, 1.54) is 36.1 Å². The Labute approximate surface area is 189 Å². The van der Waals surface area contributed by atoms with Gasteiger partial charge in [-0.2, -0.15) is 0 Å². The molecule has 1 aliphatic heterocycles. The Bertz CT molecular complexity index is 1160. The Balaban J connectivity index is 1.33. The number of rotatable bonds is 4. The van der Waals surface area contributed by atoms with Crippen molar-refractivity contribution in [1.29, 1.82) is 0 Å². The topological polar surface area (TPSA) is 50.4 Å². The predicted octanol–water partition coefficient (Wildman–Crippen LogP) is 6.24. The SMILES string of the molecule is COc1cccc(NC(=O)c2ccc3c(c2)C2C4CCC(C4)C2C(c2ccccc2)N3)c1. The van der Waals surface area contributed by atoms with Crippen molar-refractivity contribution in [2.45, 2.75) is 31.2 Å². The number of carbonyl (C=O) groups excluding carboxylic acids is 1. The average Bonchev–Trinajstić information content (AvgIpc) is 3.47. The Hall–Kier alpha value is -3.27. The van der Waals surface area contributed by atoms with E-state index in [-0.39, 0.29) is 5.91 Å². The number of methoxy groups -OCH3 is 1. The Kier molecular flexibility index (Phi) is 4.67. The first-order chi connectivity index (χ1) is 15.7. The van der Waals surface area contributed by atoms with Gasteiger partial charge in [-0.1, -0.05) is 36.4 Å². The molecule has 4 heteroatoms. The number of ether oxygens (including phenoxy) is 1. The van der Waals surface area contributed by atoms with Crippen LogP contribution in [0.3, 0.4) is 0 Å². The number of carbonyl (C=O) groups is 1. The largest absolute Gasteiger partial charge is 0.497 e. The number of amides is 1. The molecule has 0 spiro atoms. The zero-order valence-electron chi connectivity index (χ0n) is 18.3. The van der Waals surface area contributed by atoms with Gasteiger partial charge in [-0.3, -0.25) is 4.79 Å². The molecule has 3 aromatic carbocycles. The molecule has 32 heavy (non-hydrogen) atoms. The predicted molar refractivity (Wildman–Crippen MR) is 127 cm³/mol. The summed E-state index contributed by atoms with van der Waals surface area (Å²) in [5.74, 6) is 3.28. The van der Waals surface area contributed by atoms with E-state index in [1.54, 1.807) is 7.11 Å². The first-order valence-corrected chi connectivity index (χ1v) is 11.6. The van der Waals surface area contributed by atoms with Crippen LogP contribution in [0.5, 0.6) is 5.75 Å². The lowest BCUT2D eigenvalue weighted by Gasteiger charge is -2.43. The van der Waals surface area contributed by atoms with Gasteiger partial charge in [0.15, 0.2) is 0 Å². The van der Waals surface area contributed by atoms with Crippen molar-refractivity contribution in [3.63, 3.8) is 0 Å². The number of hydrogen-bond donors (Lipinski definition) is 2. The molecule has 5 unspecified atom stereocenters. The lowest BCUT2D eigenvalue weighted by Crippen LogP contribution is -2.35. The number of anilines is 2. The lowest BCUT2D eigenvalue weighted by atomic mass is 9.68. The van der Waals surface area contributed by atoms with Crippen LogP contribution in [0.4, 0.5) is 11.4 Å². The van der Waals surface area contributed by atoms with Crippen molar-refractivity contribution in [2.75, 3.05) is 17.7 Å². The van der Waals surface area contributed by atoms with Gasteiger partial charge in [-0.05, 0) is 84.4 Å². The zero-order chi connectivity index (χ0) is 21.7. The molecule has 3 aliphatic rings. The molecule has 4 nitrogen and oxygen atoms in total. The lowest BCUT2D eigenvalue weighted by molar-refractivity contribution is 0.102. The summed E-state index contributed by atoms with van der Waals surface area (Å²) in [5, 5.41) is 6.88. The minimum Gasteiger partial charge on any atom is -0.497 e. The van der Waals surface area contributed by atoms with Crippen molar-refractivity contribution < 1.29 is 9.53 Å². The Morgan fingerprint density at radius 2 is 1.81 bits per heavy atom. The molecular weight excluding hydrogens is 396 g/mol. The average molecular weight is 425 g/mol. The molecule has 0 radical (unpaired) electrons. The van der Waals surface area contributed by atoms with Gasteiger partial charge in [-0.15, -0.1) is 0 Å². The number of hydrogen-bond acceptors (Lipinski definition) is 3. The zero-order valence-corrected chi connectivity index (χ0v) is 18.3. The maximum Gasteiger partial charge on any atom is 0.255 e. The standard InChI is InChI=1S/C28H28N2O2/c1-32-22-9-5-8-21(16-22)29-28(31)20-12-13-24-23(15-20)25-18-10-11-19(14-18)26(25)27(30-24)17-6-3-2-4-7-17/h2-9,12-13,15-16,18-19,25-27,30H,10-11,14H2,1H3,(H,29,31). The highest BCUT2D eigenvalue weighted by atomic mass is 16.5. The van der Waals surface area contributed by atoms with Crippen LogP contribution in [0, 0.1) is 17.8 Å². The van der Waals surface area contributed by atoms with Crippen LogP contribution < -0.4 is 15.4 Å². The molecule has 162 valence electrons.